The number of nitrogens with zero attached hydrogens (tertiary/aromatic N) is 4. The zero-order valence-corrected chi connectivity index (χ0v) is 17.7. The molecule has 1 aliphatic rings. The van der Waals surface area contributed by atoms with Crippen molar-refractivity contribution in [3.63, 3.8) is 0 Å². The van der Waals surface area contributed by atoms with Crippen LogP contribution in [-0.2, 0) is 7.05 Å². The monoisotopic (exact) mass is 438 g/mol. The molecule has 8 heteroatoms. The smallest absolute Gasteiger partial charge is 0.263 e. The van der Waals surface area contributed by atoms with Gasteiger partial charge in [-0.15, -0.1) is 0 Å². The Balaban J connectivity index is 1.60. The summed E-state index contributed by atoms with van der Waals surface area (Å²) < 4.78 is 22.1. The van der Waals surface area contributed by atoms with Gasteiger partial charge < -0.3 is 14.0 Å². The van der Waals surface area contributed by atoms with Crippen molar-refractivity contribution in [1.29, 1.82) is 0 Å². The molecule has 0 aliphatic carbocycles. The average Bonchev–Trinajstić information content (AvgIpc) is 3.27. The van der Waals surface area contributed by atoms with Crippen LogP contribution in [0.1, 0.15) is 19.3 Å². The van der Waals surface area contributed by atoms with Gasteiger partial charge in [-0.3, -0.25) is 4.79 Å². The lowest BCUT2D eigenvalue weighted by atomic mass is 10.1. The van der Waals surface area contributed by atoms with Crippen molar-refractivity contribution in [3.05, 3.63) is 63.7 Å². The molecule has 0 radical (unpaired) electrons. The van der Waals surface area contributed by atoms with Crippen molar-refractivity contribution in [2.75, 3.05) is 18.0 Å². The fraction of sp³-hybridized carbons (Fsp3) is 0.261. The SMILES string of the molecule is Cn1cc(-c2nc(-c3cccc(Cl)c3)no2)c(=O)c2cc(F)c(N3CCCCC3)cc21. The fourth-order valence-corrected chi connectivity index (χ4v) is 4.29. The normalized spacial score (nSPS) is 14.4. The second-order valence-corrected chi connectivity index (χ2v) is 8.22. The van der Waals surface area contributed by atoms with Crippen LogP contribution < -0.4 is 10.3 Å². The minimum absolute atomic E-state index is 0.0815. The van der Waals surface area contributed by atoms with E-state index in [9.17, 15) is 9.18 Å². The average molecular weight is 439 g/mol. The molecule has 1 saturated heterocycles. The summed E-state index contributed by atoms with van der Waals surface area (Å²) in [6.45, 7) is 1.64. The number of hydrogen-bond donors (Lipinski definition) is 0. The van der Waals surface area contributed by atoms with Gasteiger partial charge in [-0.1, -0.05) is 28.9 Å². The largest absolute Gasteiger partial charge is 0.369 e. The molecule has 0 saturated carbocycles. The Bertz CT molecular complexity index is 1340. The summed E-state index contributed by atoms with van der Waals surface area (Å²) in [7, 11) is 1.82. The predicted octanol–water partition coefficient (Wildman–Crippen LogP) is 5.04. The minimum atomic E-state index is -0.395. The molecular formula is C23H20ClFN4O2. The van der Waals surface area contributed by atoms with Crippen molar-refractivity contribution in [1.82, 2.24) is 14.7 Å². The van der Waals surface area contributed by atoms with Gasteiger partial charge in [-0.2, -0.15) is 4.98 Å². The Morgan fingerprint density at radius 3 is 2.71 bits per heavy atom. The molecule has 1 fully saturated rings. The van der Waals surface area contributed by atoms with Gasteiger partial charge in [0, 0.05) is 42.3 Å². The van der Waals surface area contributed by atoms with Crippen molar-refractivity contribution in [2.24, 2.45) is 7.05 Å². The highest BCUT2D eigenvalue weighted by atomic mass is 35.5. The van der Waals surface area contributed by atoms with Crippen LogP contribution in [-0.4, -0.2) is 27.8 Å². The number of anilines is 1. The molecule has 4 aromatic rings. The second-order valence-electron chi connectivity index (χ2n) is 7.78. The van der Waals surface area contributed by atoms with Gasteiger partial charge >= 0.3 is 0 Å². The van der Waals surface area contributed by atoms with Gasteiger partial charge in [0.1, 0.15) is 11.4 Å². The molecule has 3 heterocycles. The first-order chi connectivity index (χ1) is 15.0. The molecule has 2 aromatic heterocycles. The molecule has 158 valence electrons. The van der Waals surface area contributed by atoms with Gasteiger partial charge in [0.05, 0.1) is 11.2 Å². The van der Waals surface area contributed by atoms with Gasteiger partial charge in [-0.25, -0.2) is 4.39 Å². The van der Waals surface area contributed by atoms with Crippen LogP contribution in [0.25, 0.3) is 33.7 Å². The van der Waals surface area contributed by atoms with E-state index in [1.165, 1.54) is 6.07 Å². The Kier molecular flexibility index (Phi) is 4.98. The summed E-state index contributed by atoms with van der Waals surface area (Å²) in [5, 5.41) is 4.80. The quantitative estimate of drug-likeness (QED) is 0.448. The summed E-state index contributed by atoms with van der Waals surface area (Å²) >= 11 is 6.04. The molecule has 0 atom stereocenters. The van der Waals surface area contributed by atoms with Crippen LogP contribution in [0.15, 0.2) is 51.9 Å². The van der Waals surface area contributed by atoms with Gasteiger partial charge in [-0.05, 0) is 43.5 Å². The van der Waals surface area contributed by atoms with Crippen LogP contribution >= 0.6 is 11.6 Å². The maximum Gasteiger partial charge on any atom is 0.263 e. The number of rotatable bonds is 3. The van der Waals surface area contributed by atoms with Crippen LogP contribution in [0.4, 0.5) is 10.1 Å². The lowest BCUT2D eigenvalue weighted by Crippen LogP contribution is -2.30. The topological polar surface area (TPSA) is 64.2 Å². The number of hydrogen-bond acceptors (Lipinski definition) is 5. The van der Waals surface area contributed by atoms with E-state index in [-0.39, 0.29) is 22.3 Å². The molecule has 1 aliphatic heterocycles. The summed E-state index contributed by atoms with van der Waals surface area (Å²) in [6, 6.07) is 10.1. The van der Waals surface area contributed by atoms with Crippen LogP contribution in [0.5, 0.6) is 0 Å². The lowest BCUT2D eigenvalue weighted by Gasteiger charge is -2.29. The maximum atomic E-state index is 15.0. The first-order valence-electron chi connectivity index (χ1n) is 10.2. The van der Waals surface area contributed by atoms with Crippen LogP contribution in [0.2, 0.25) is 5.02 Å². The number of aryl methyl sites for hydroxylation is 1. The first kappa shape index (κ1) is 19.8. The lowest BCUT2D eigenvalue weighted by molar-refractivity contribution is 0.432. The molecule has 0 spiro atoms. The standard InChI is InChI=1S/C23H20ClFN4O2/c1-28-13-17(23-26-22(27-31-23)14-6-5-7-15(24)10-14)21(30)16-11-18(25)20(12-19(16)28)29-8-3-2-4-9-29/h5-7,10-13H,2-4,8-9H2,1H3. The summed E-state index contributed by atoms with van der Waals surface area (Å²) in [4.78, 5) is 19.6. The maximum absolute atomic E-state index is 15.0. The van der Waals surface area contributed by atoms with E-state index in [2.05, 4.69) is 10.1 Å². The number of aromatic nitrogens is 3. The van der Waals surface area contributed by atoms with Gasteiger partial charge in [0.15, 0.2) is 0 Å². The molecule has 5 rings (SSSR count). The van der Waals surface area contributed by atoms with Gasteiger partial charge in [0.25, 0.3) is 5.89 Å². The highest BCUT2D eigenvalue weighted by Gasteiger charge is 2.21. The molecule has 0 bridgehead atoms. The van der Waals surface area contributed by atoms with Crippen LogP contribution in [0.3, 0.4) is 0 Å². The molecule has 0 unspecified atom stereocenters. The number of fused-ring (bicyclic) bond motifs is 1. The molecule has 0 amide bonds. The van der Waals surface area contributed by atoms with E-state index < -0.39 is 5.82 Å². The van der Waals surface area contributed by atoms with Gasteiger partial charge in [0.2, 0.25) is 11.3 Å². The van der Waals surface area contributed by atoms with E-state index >= 15 is 0 Å². The zero-order chi connectivity index (χ0) is 21.5. The molecule has 31 heavy (non-hydrogen) atoms. The summed E-state index contributed by atoms with van der Waals surface area (Å²) in [5.41, 5.74) is 1.75. The fourth-order valence-electron chi connectivity index (χ4n) is 4.10. The highest BCUT2D eigenvalue weighted by Crippen LogP contribution is 2.29. The molecule has 6 nitrogen and oxygen atoms in total. The number of halogens is 2. The summed E-state index contributed by atoms with van der Waals surface area (Å²) in [5.74, 6) is 0.0121. The third kappa shape index (κ3) is 3.59. The Labute approximate surface area is 182 Å². The van der Waals surface area contributed by atoms with Crippen molar-refractivity contribution < 1.29 is 8.91 Å². The molecule has 0 N–H and O–H groups in total. The molecule has 2 aromatic carbocycles. The summed E-state index contributed by atoms with van der Waals surface area (Å²) in [6.07, 6.45) is 4.90. The van der Waals surface area contributed by atoms with E-state index in [0.717, 1.165) is 32.4 Å². The van der Waals surface area contributed by atoms with E-state index in [4.69, 9.17) is 16.1 Å². The number of benzene rings is 2. The first-order valence-corrected chi connectivity index (χ1v) is 10.6. The third-order valence-corrected chi connectivity index (χ3v) is 5.93. The van der Waals surface area contributed by atoms with Crippen molar-refractivity contribution >= 4 is 28.2 Å². The van der Waals surface area contributed by atoms with E-state index in [0.29, 0.717) is 27.6 Å². The minimum Gasteiger partial charge on any atom is -0.369 e. The Morgan fingerprint density at radius 2 is 1.94 bits per heavy atom. The zero-order valence-electron chi connectivity index (χ0n) is 16.9. The van der Waals surface area contributed by atoms with Crippen LogP contribution in [0, 0.1) is 5.82 Å². The second kappa shape index (κ2) is 7.81. The predicted molar refractivity (Wildman–Crippen MR) is 119 cm³/mol. The number of pyridine rings is 1. The Morgan fingerprint density at radius 1 is 1.13 bits per heavy atom. The van der Waals surface area contributed by atoms with E-state index in [1.807, 2.05) is 11.9 Å². The number of piperidine rings is 1. The third-order valence-electron chi connectivity index (χ3n) is 5.69. The Hall–Kier alpha value is -3.19. The molecular weight excluding hydrogens is 419 g/mol. The highest BCUT2D eigenvalue weighted by molar-refractivity contribution is 6.30. The van der Waals surface area contributed by atoms with Crippen molar-refractivity contribution in [3.8, 4) is 22.8 Å². The van der Waals surface area contributed by atoms with Crippen molar-refractivity contribution in [2.45, 2.75) is 19.3 Å². The van der Waals surface area contributed by atoms with E-state index in [1.54, 1.807) is 41.1 Å².